The van der Waals surface area contributed by atoms with Crippen molar-refractivity contribution in [3.05, 3.63) is 34.4 Å². The Morgan fingerprint density at radius 2 is 2.10 bits per heavy atom. The van der Waals surface area contributed by atoms with Crippen LogP contribution in [0.4, 0.5) is 11.4 Å². The molecule has 0 aliphatic heterocycles. The summed E-state index contributed by atoms with van der Waals surface area (Å²) in [6, 6.07) is 5.94. The average molecular weight is 312 g/mol. The van der Waals surface area contributed by atoms with Crippen molar-refractivity contribution in [3.8, 4) is 0 Å². The number of methoxy groups -OCH3 is 1. The Morgan fingerprint density at radius 3 is 2.71 bits per heavy atom. The van der Waals surface area contributed by atoms with Crippen molar-refractivity contribution in [1.82, 2.24) is 0 Å². The van der Waals surface area contributed by atoms with E-state index in [1.165, 1.54) is 37.1 Å². The summed E-state index contributed by atoms with van der Waals surface area (Å²) in [4.78, 5) is 33.2. The van der Waals surface area contributed by atoms with Gasteiger partial charge in [-0.05, 0) is 13.0 Å². The molecule has 0 spiro atoms. The molecule has 0 aromatic heterocycles. The molecule has 0 fully saturated rings. The van der Waals surface area contributed by atoms with Gasteiger partial charge in [-0.25, -0.2) is 0 Å². The van der Waals surface area contributed by atoms with Crippen LogP contribution >= 0.6 is 11.8 Å². The number of thioether (sulfide) groups is 1. The van der Waals surface area contributed by atoms with Crippen LogP contribution < -0.4 is 5.32 Å². The van der Waals surface area contributed by atoms with Gasteiger partial charge in [-0.15, -0.1) is 11.8 Å². The minimum atomic E-state index is -0.551. The van der Waals surface area contributed by atoms with E-state index in [1.807, 2.05) is 0 Å². The number of nitro benzene ring substituents is 1. The monoisotopic (exact) mass is 312 g/mol. The van der Waals surface area contributed by atoms with E-state index in [0.717, 1.165) is 0 Å². The van der Waals surface area contributed by atoms with Crippen LogP contribution in [0.15, 0.2) is 24.3 Å². The number of hydrogen-bond acceptors (Lipinski definition) is 6. The molecule has 1 atom stereocenters. The molecule has 0 aliphatic rings. The van der Waals surface area contributed by atoms with Crippen LogP contribution in [0, 0.1) is 10.1 Å². The number of nitrogens with zero attached hydrogens (tertiary/aromatic N) is 1. The number of para-hydroxylation sites is 2. The molecule has 1 aromatic carbocycles. The number of nitrogens with one attached hydrogen (secondary N) is 1. The largest absolute Gasteiger partial charge is 0.469 e. The number of hydrogen-bond donors (Lipinski definition) is 1. The summed E-state index contributed by atoms with van der Waals surface area (Å²) in [5.74, 6) is -0.244. The second-order valence-electron chi connectivity index (χ2n) is 4.10. The molecule has 1 rings (SSSR count). The summed E-state index contributed by atoms with van der Waals surface area (Å²) in [5.41, 5.74) is 0.00512. The van der Waals surface area contributed by atoms with Crippen LogP contribution in [-0.4, -0.2) is 34.9 Å². The van der Waals surface area contributed by atoms with Gasteiger partial charge in [0.2, 0.25) is 5.91 Å². The molecule has 0 aliphatic carbocycles. The summed E-state index contributed by atoms with van der Waals surface area (Å²) in [6.07, 6.45) is 0.213. The molecule has 0 radical (unpaired) electrons. The van der Waals surface area contributed by atoms with E-state index in [9.17, 15) is 19.7 Å². The highest BCUT2D eigenvalue weighted by Crippen LogP contribution is 2.24. The maximum absolute atomic E-state index is 12.0. The lowest BCUT2D eigenvalue weighted by atomic mass is 10.2. The van der Waals surface area contributed by atoms with Crippen LogP contribution in [0.2, 0.25) is 0 Å². The molecule has 1 aromatic rings. The number of carbonyl (C=O) groups excluding carboxylic acids is 2. The van der Waals surface area contributed by atoms with Gasteiger partial charge >= 0.3 is 5.97 Å². The lowest BCUT2D eigenvalue weighted by Gasteiger charge is -2.11. The number of benzene rings is 1. The van der Waals surface area contributed by atoms with E-state index in [2.05, 4.69) is 10.1 Å². The van der Waals surface area contributed by atoms with Crippen LogP contribution in [0.5, 0.6) is 0 Å². The van der Waals surface area contributed by atoms with Crippen molar-refractivity contribution in [2.75, 3.05) is 18.2 Å². The molecule has 114 valence electrons. The standard InChI is InChI=1S/C13H16N2O5S/c1-9(21-8-7-12(16)20-2)13(17)14-10-5-3-4-6-11(10)15(18)19/h3-6,9H,7-8H2,1-2H3,(H,14,17)/t9-/m1/s1. The number of amides is 1. The smallest absolute Gasteiger partial charge is 0.306 e. The van der Waals surface area contributed by atoms with E-state index in [1.54, 1.807) is 13.0 Å². The predicted octanol–water partition coefficient (Wildman–Crippen LogP) is 2.22. The van der Waals surface area contributed by atoms with E-state index in [-0.39, 0.29) is 29.7 Å². The minimum Gasteiger partial charge on any atom is -0.469 e. The maximum Gasteiger partial charge on any atom is 0.306 e. The van der Waals surface area contributed by atoms with Gasteiger partial charge in [-0.3, -0.25) is 19.7 Å². The Bertz CT molecular complexity index is 535. The maximum atomic E-state index is 12.0. The molecular formula is C13H16N2O5S. The molecule has 1 N–H and O–H groups in total. The van der Waals surface area contributed by atoms with Gasteiger partial charge in [0.05, 0.1) is 23.7 Å². The first kappa shape index (κ1) is 17.0. The van der Waals surface area contributed by atoms with Crippen molar-refractivity contribution in [1.29, 1.82) is 0 Å². The van der Waals surface area contributed by atoms with E-state index >= 15 is 0 Å². The molecule has 0 saturated carbocycles. The third-order valence-corrected chi connectivity index (χ3v) is 3.78. The van der Waals surface area contributed by atoms with Crippen molar-refractivity contribution in [2.24, 2.45) is 0 Å². The van der Waals surface area contributed by atoms with Crippen molar-refractivity contribution >= 4 is 35.0 Å². The number of esters is 1. The van der Waals surface area contributed by atoms with Gasteiger partial charge in [-0.2, -0.15) is 0 Å². The highest BCUT2D eigenvalue weighted by molar-refractivity contribution is 8.00. The number of nitro groups is 1. The normalized spacial score (nSPS) is 11.5. The highest BCUT2D eigenvalue weighted by Gasteiger charge is 2.19. The lowest BCUT2D eigenvalue weighted by Crippen LogP contribution is -2.23. The summed E-state index contributed by atoms with van der Waals surface area (Å²) in [7, 11) is 1.30. The van der Waals surface area contributed by atoms with Gasteiger partial charge in [0.1, 0.15) is 5.69 Å². The van der Waals surface area contributed by atoms with Gasteiger partial charge < -0.3 is 10.1 Å². The Hall–Kier alpha value is -2.09. The summed E-state index contributed by atoms with van der Waals surface area (Å²) >= 11 is 1.28. The zero-order chi connectivity index (χ0) is 15.8. The number of anilines is 1. The lowest BCUT2D eigenvalue weighted by molar-refractivity contribution is -0.383. The Morgan fingerprint density at radius 1 is 1.43 bits per heavy atom. The van der Waals surface area contributed by atoms with Crippen molar-refractivity contribution in [2.45, 2.75) is 18.6 Å². The quantitative estimate of drug-likeness (QED) is 0.471. The topological polar surface area (TPSA) is 98.5 Å². The fourth-order valence-corrected chi connectivity index (χ4v) is 2.32. The highest BCUT2D eigenvalue weighted by atomic mass is 32.2. The second kappa shape index (κ2) is 8.25. The number of ether oxygens (including phenoxy) is 1. The van der Waals surface area contributed by atoms with E-state index in [4.69, 9.17) is 0 Å². The molecular weight excluding hydrogens is 296 g/mol. The van der Waals surface area contributed by atoms with E-state index in [0.29, 0.717) is 5.75 Å². The van der Waals surface area contributed by atoms with Crippen LogP contribution in [-0.2, 0) is 14.3 Å². The Balaban J connectivity index is 2.56. The third kappa shape index (κ3) is 5.42. The first-order valence-corrected chi connectivity index (χ1v) is 7.23. The molecule has 0 heterocycles. The first-order chi connectivity index (χ1) is 9.95. The molecule has 8 heteroatoms. The van der Waals surface area contributed by atoms with Crippen molar-refractivity contribution < 1.29 is 19.2 Å². The van der Waals surface area contributed by atoms with E-state index < -0.39 is 10.2 Å². The van der Waals surface area contributed by atoms with Gasteiger partial charge in [0.25, 0.3) is 5.69 Å². The predicted molar refractivity (Wildman–Crippen MR) is 80.3 cm³/mol. The fraction of sp³-hybridized carbons (Fsp3) is 0.385. The zero-order valence-corrected chi connectivity index (χ0v) is 12.5. The van der Waals surface area contributed by atoms with Crippen LogP contribution in [0.25, 0.3) is 0 Å². The molecule has 0 unspecified atom stereocenters. The van der Waals surface area contributed by atoms with Gasteiger partial charge in [0, 0.05) is 11.8 Å². The molecule has 0 bridgehead atoms. The third-order valence-electron chi connectivity index (χ3n) is 2.63. The first-order valence-electron chi connectivity index (χ1n) is 6.18. The van der Waals surface area contributed by atoms with Crippen molar-refractivity contribution in [3.63, 3.8) is 0 Å². The number of carbonyl (C=O) groups is 2. The second-order valence-corrected chi connectivity index (χ2v) is 5.55. The van der Waals surface area contributed by atoms with Gasteiger partial charge in [0.15, 0.2) is 0 Å². The fourth-order valence-electron chi connectivity index (χ4n) is 1.47. The molecule has 21 heavy (non-hydrogen) atoms. The number of rotatable bonds is 7. The average Bonchev–Trinajstić information content (AvgIpc) is 2.47. The minimum absolute atomic E-state index is 0.155. The summed E-state index contributed by atoms with van der Waals surface area (Å²) in [5, 5.41) is 12.9. The molecule has 0 saturated heterocycles. The Kier molecular flexibility index (Phi) is 6.67. The summed E-state index contributed by atoms with van der Waals surface area (Å²) in [6.45, 7) is 1.67. The van der Waals surface area contributed by atoms with Crippen LogP contribution in [0.1, 0.15) is 13.3 Å². The van der Waals surface area contributed by atoms with Gasteiger partial charge in [-0.1, -0.05) is 12.1 Å². The molecule has 7 nitrogen and oxygen atoms in total. The SMILES string of the molecule is COC(=O)CCS[C@H](C)C(=O)Nc1ccccc1[N+](=O)[O-]. The Labute approximate surface area is 126 Å². The summed E-state index contributed by atoms with van der Waals surface area (Å²) < 4.78 is 4.50. The zero-order valence-electron chi connectivity index (χ0n) is 11.7. The molecule has 1 amide bonds. The van der Waals surface area contributed by atoms with Crippen LogP contribution in [0.3, 0.4) is 0 Å².